The van der Waals surface area contributed by atoms with Gasteiger partial charge in [-0.1, -0.05) is 12.1 Å². The fourth-order valence-electron chi connectivity index (χ4n) is 2.92. The normalized spacial score (nSPS) is 12.2. The number of esters is 1. The second-order valence-electron chi connectivity index (χ2n) is 6.70. The van der Waals surface area contributed by atoms with Gasteiger partial charge in [-0.15, -0.1) is 0 Å². The lowest BCUT2D eigenvalue weighted by atomic mass is 10.2. The van der Waals surface area contributed by atoms with E-state index in [0.717, 1.165) is 9.82 Å². The van der Waals surface area contributed by atoms with Gasteiger partial charge < -0.3 is 9.30 Å². The third-order valence-electron chi connectivity index (χ3n) is 4.52. The Kier molecular flexibility index (Phi) is 6.33. The van der Waals surface area contributed by atoms with Crippen LogP contribution in [0.15, 0.2) is 53.4 Å². The Hall–Kier alpha value is -3.04. The number of benzene rings is 2. The molecule has 0 N–H and O–H groups in total. The van der Waals surface area contributed by atoms with Crippen molar-refractivity contribution in [3.63, 3.8) is 0 Å². The van der Waals surface area contributed by atoms with Gasteiger partial charge in [0.25, 0.3) is 0 Å². The maximum atomic E-state index is 12.9. The Morgan fingerprint density at radius 2 is 1.90 bits per heavy atom. The van der Waals surface area contributed by atoms with E-state index in [-0.39, 0.29) is 17.3 Å². The van der Waals surface area contributed by atoms with Crippen LogP contribution in [0, 0.1) is 5.82 Å². The van der Waals surface area contributed by atoms with Crippen molar-refractivity contribution in [2.45, 2.75) is 25.0 Å². The highest BCUT2D eigenvalue weighted by Crippen LogP contribution is 2.22. The van der Waals surface area contributed by atoms with Gasteiger partial charge in [0, 0.05) is 26.7 Å². The monoisotopic (exact) mass is 431 g/mol. The van der Waals surface area contributed by atoms with Crippen LogP contribution in [0.2, 0.25) is 0 Å². The molecular weight excluding hydrogens is 409 g/mol. The van der Waals surface area contributed by atoms with Gasteiger partial charge in [0.2, 0.25) is 10.0 Å². The number of fused-ring (bicyclic) bond motifs is 1. The van der Waals surface area contributed by atoms with Crippen LogP contribution < -0.4 is 0 Å². The first kappa shape index (κ1) is 21.7. The number of nitrogens with zero attached hydrogens (tertiary/aromatic N) is 3. The van der Waals surface area contributed by atoms with Crippen LogP contribution in [-0.4, -0.2) is 42.3 Å². The zero-order valence-electron chi connectivity index (χ0n) is 16.9. The van der Waals surface area contributed by atoms with Gasteiger partial charge in [-0.2, -0.15) is 0 Å². The molecule has 158 valence electrons. The van der Waals surface area contributed by atoms with Crippen LogP contribution in [-0.2, 0) is 32.7 Å². The number of rotatable bonds is 7. The summed E-state index contributed by atoms with van der Waals surface area (Å²) >= 11 is 0. The van der Waals surface area contributed by atoms with Gasteiger partial charge in [0.05, 0.1) is 15.9 Å². The lowest BCUT2D eigenvalue weighted by molar-refractivity contribution is -0.139. The molecule has 9 heteroatoms. The highest BCUT2D eigenvalue weighted by Gasteiger charge is 2.19. The van der Waals surface area contributed by atoms with E-state index < -0.39 is 16.0 Å². The minimum atomic E-state index is -3.57. The summed E-state index contributed by atoms with van der Waals surface area (Å²) in [7, 11) is -0.641. The van der Waals surface area contributed by atoms with E-state index in [0.29, 0.717) is 23.4 Å². The Morgan fingerprint density at radius 3 is 2.53 bits per heavy atom. The van der Waals surface area contributed by atoms with E-state index in [1.165, 1.54) is 50.5 Å². The first-order valence-electron chi connectivity index (χ1n) is 9.24. The van der Waals surface area contributed by atoms with Crippen LogP contribution in [0.25, 0.3) is 17.1 Å². The van der Waals surface area contributed by atoms with E-state index in [4.69, 9.17) is 4.74 Å². The molecule has 3 rings (SSSR count). The average Bonchev–Trinajstić information content (AvgIpc) is 3.08. The lowest BCUT2D eigenvalue weighted by Crippen LogP contribution is -2.22. The van der Waals surface area contributed by atoms with Crippen LogP contribution in [0.5, 0.6) is 0 Å². The summed E-state index contributed by atoms with van der Waals surface area (Å²) in [5.41, 5.74) is 1.93. The summed E-state index contributed by atoms with van der Waals surface area (Å²) in [5.74, 6) is -0.407. The molecule has 0 aliphatic carbocycles. The van der Waals surface area contributed by atoms with E-state index >= 15 is 0 Å². The van der Waals surface area contributed by atoms with E-state index in [9.17, 15) is 17.6 Å². The molecule has 0 saturated heterocycles. The van der Waals surface area contributed by atoms with Crippen molar-refractivity contribution in [1.82, 2.24) is 13.9 Å². The number of hydrogen-bond donors (Lipinski definition) is 0. The molecule has 0 unspecified atom stereocenters. The topological polar surface area (TPSA) is 81.5 Å². The van der Waals surface area contributed by atoms with Gasteiger partial charge in [0.1, 0.15) is 18.2 Å². The third-order valence-corrected chi connectivity index (χ3v) is 6.33. The first-order chi connectivity index (χ1) is 14.2. The van der Waals surface area contributed by atoms with Gasteiger partial charge in [-0.25, -0.2) is 26.9 Å². The van der Waals surface area contributed by atoms with Crippen molar-refractivity contribution >= 4 is 33.1 Å². The van der Waals surface area contributed by atoms with E-state index in [1.54, 1.807) is 18.2 Å². The lowest BCUT2D eigenvalue weighted by Gasteiger charge is -2.11. The molecule has 0 saturated carbocycles. The molecular formula is C21H22FN3O4S. The standard InChI is InChI=1S/C21H22FN3O4S/c1-4-25-19-11-10-17(30(27,28)24(2)3)13-18(19)23-20(25)14-29-21(26)12-7-15-5-8-16(22)9-6-15/h5-13H,4,14H2,1-3H3. The van der Waals surface area contributed by atoms with Gasteiger partial charge in [-0.05, 0) is 48.9 Å². The van der Waals surface area contributed by atoms with Gasteiger partial charge in [0.15, 0.2) is 0 Å². The fourth-order valence-corrected chi connectivity index (χ4v) is 3.84. The molecule has 1 heterocycles. The van der Waals surface area contributed by atoms with Crippen LogP contribution in [0.4, 0.5) is 4.39 Å². The molecule has 7 nitrogen and oxygen atoms in total. The summed E-state index contributed by atoms with van der Waals surface area (Å²) in [6, 6.07) is 10.5. The number of halogens is 1. The van der Waals surface area contributed by atoms with Crippen LogP contribution >= 0.6 is 0 Å². The van der Waals surface area contributed by atoms with Crippen LogP contribution in [0.1, 0.15) is 18.3 Å². The average molecular weight is 431 g/mol. The van der Waals surface area contributed by atoms with Crippen molar-refractivity contribution < 1.29 is 22.3 Å². The highest BCUT2D eigenvalue weighted by molar-refractivity contribution is 7.89. The molecule has 2 aromatic carbocycles. The fraction of sp³-hybridized carbons (Fsp3) is 0.238. The summed E-state index contributed by atoms with van der Waals surface area (Å²) < 4.78 is 45.9. The maximum Gasteiger partial charge on any atom is 0.331 e. The minimum absolute atomic E-state index is 0.0646. The summed E-state index contributed by atoms with van der Waals surface area (Å²) in [4.78, 5) is 16.6. The quantitative estimate of drug-likeness (QED) is 0.424. The van der Waals surface area contributed by atoms with Gasteiger partial charge in [-0.3, -0.25) is 0 Å². The molecule has 0 bridgehead atoms. The Balaban J connectivity index is 1.78. The Morgan fingerprint density at radius 1 is 1.20 bits per heavy atom. The molecule has 1 aromatic heterocycles. The maximum absolute atomic E-state index is 12.9. The van der Waals surface area contributed by atoms with Crippen molar-refractivity contribution in [3.05, 3.63) is 65.7 Å². The molecule has 0 aliphatic heterocycles. The summed E-state index contributed by atoms with van der Waals surface area (Å²) in [6.45, 7) is 2.44. The molecule has 0 atom stereocenters. The second kappa shape index (κ2) is 8.76. The number of ether oxygens (including phenoxy) is 1. The van der Waals surface area contributed by atoms with E-state index in [2.05, 4.69) is 4.98 Å². The number of aryl methyl sites for hydroxylation is 1. The molecule has 30 heavy (non-hydrogen) atoms. The molecule has 3 aromatic rings. The predicted molar refractivity (Wildman–Crippen MR) is 112 cm³/mol. The minimum Gasteiger partial charge on any atom is -0.454 e. The zero-order chi connectivity index (χ0) is 21.9. The third kappa shape index (κ3) is 4.58. The van der Waals surface area contributed by atoms with Gasteiger partial charge >= 0.3 is 5.97 Å². The van der Waals surface area contributed by atoms with Crippen molar-refractivity contribution in [2.75, 3.05) is 14.1 Å². The molecule has 0 radical (unpaired) electrons. The van der Waals surface area contributed by atoms with Crippen molar-refractivity contribution in [3.8, 4) is 0 Å². The molecule has 0 spiro atoms. The van der Waals surface area contributed by atoms with E-state index in [1.807, 2.05) is 11.5 Å². The number of aromatic nitrogens is 2. The predicted octanol–water partition coefficient (Wildman–Crippen LogP) is 3.20. The highest BCUT2D eigenvalue weighted by atomic mass is 32.2. The summed E-state index contributed by atoms with van der Waals surface area (Å²) in [5, 5.41) is 0. The van der Waals surface area contributed by atoms with Crippen molar-refractivity contribution in [2.24, 2.45) is 0 Å². The number of imidazole rings is 1. The smallest absolute Gasteiger partial charge is 0.331 e. The summed E-state index contributed by atoms with van der Waals surface area (Å²) in [6.07, 6.45) is 2.79. The van der Waals surface area contributed by atoms with Crippen molar-refractivity contribution in [1.29, 1.82) is 0 Å². The number of carbonyl (C=O) groups is 1. The molecule has 0 amide bonds. The van der Waals surface area contributed by atoms with Crippen LogP contribution in [0.3, 0.4) is 0 Å². The Bertz CT molecular complexity index is 1200. The molecule has 0 fully saturated rings. The number of hydrogen-bond acceptors (Lipinski definition) is 5. The largest absolute Gasteiger partial charge is 0.454 e. The number of carbonyl (C=O) groups excluding carboxylic acids is 1. The second-order valence-corrected chi connectivity index (χ2v) is 8.85. The number of sulfonamides is 1. The molecule has 0 aliphatic rings. The zero-order valence-corrected chi connectivity index (χ0v) is 17.7. The first-order valence-corrected chi connectivity index (χ1v) is 10.7. The Labute approximate surface area is 174 Å². The SMILES string of the molecule is CCn1c(COC(=O)C=Cc2ccc(F)cc2)nc2cc(S(=O)(=O)N(C)C)ccc21.